The third-order valence-electron chi connectivity index (χ3n) is 2.28. The molecule has 0 amide bonds. The van der Waals surface area contributed by atoms with Crippen molar-refractivity contribution in [1.29, 1.82) is 0 Å². The Bertz CT molecular complexity index is 152. The molecular formula is C13H24. The molecule has 2 aliphatic rings. The quantitative estimate of drug-likeness (QED) is 0.499. The molecule has 0 aromatic heterocycles. The van der Waals surface area contributed by atoms with E-state index in [0.29, 0.717) is 0 Å². The van der Waals surface area contributed by atoms with Crippen LogP contribution < -0.4 is 0 Å². The van der Waals surface area contributed by atoms with Crippen LogP contribution >= 0.6 is 0 Å². The van der Waals surface area contributed by atoms with E-state index in [1.165, 1.54) is 32.1 Å². The van der Waals surface area contributed by atoms with Gasteiger partial charge in [0, 0.05) is 0 Å². The Morgan fingerprint density at radius 3 is 1.54 bits per heavy atom. The molecule has 0 nitrogen and oxygen atoms in total. The van der Waals surface area contributed by atoms with Crippen LogP contribution in [0.15, 0.2) is 23.3 Å². The first-order valence-corrected chi connectivity index (χ1v) is 5.85. The molecule has 0 radical (unpaired) electrons. The van der Waals surface area contributed by atoms with Gasteiger partial charge in [-0.15, -0.1) is 0 Å². The monoisotopic (exact) mass is 180 g/mol. The fourth-order valence-electron chi connectivity index (χ4n) is 1.76. The molecule has 0 atom stereocenters. The smallest absolute Gasteiger partial charge is 0.0157 e. The van der Waals surface area contributed by atoms with Gasteiger partial charge in [-0.3, -0.25) is 0 Å². The van der Waals surface area contributed by atoms with E-state index in [1.807, 2.05) is 27.7 Å². The summed E-state index contributed by atoms with van der Waals surface area (Å²) >= 11 is 0. The maximum absolute atomic E-state index is 2.38. The number of hydrogen-bond donors (Lipinski definition) is 0. The minimum Gasteiger partial charge on any atom is -0.0772 e. The van der Waals surface area contributed by atoms with Gasteiger partial charge in [-0.05, 0) is 43.3 Å². The number of fused-ring (bicyclic) bond motifs is 1. The summed E-state index contributed by atoms with van der Waals surface area (Å²) in [6.45, 7) is 8.00. The highest BCUT2D eigenvalue weighted by Gasteiger charge is 2.13. The maximum atomic E-state index is 2.38. The number of allylic oxidation sites excluding steroid dienone is 4. The van der Waals surface area contributed by atoms with Crippen LogP contribution in [0.25, 0.3) is 0 Å². The van der Waals surface area contributed by atoms with Gasteiger partial charge in [0.1, 0.15) is 0 Å². The van der Waals surface area contributed by atoms with Crippen molar-refractivity contribution in [2.24, 2.45) is 0 Å². The van der Waals surface area contributed by atoms with Gasteiger partial charge in [0.15, 0.2) is 0 Å². The van der Waals surface area contributed by atoms with Gasteiger partial charge in [-0.25, -0.2) is 0 Å². The van der Waals surface area contributed by atoms with Crippen molar-refractivity contribution in [3.05, 3.63) is 23.3 Å². The zero-order valence-electron chi connectivity index (χ0n) is 9.69. The van der Waals surface area contributed by atoms with E-state index < -0.39 is 0 Å². The predicted molar refractivity (Wildman–Crippen MR) is 61.9 cm³/mol. The second kappa shape index (κ2) is 8.10. The zero-order chi connectivity index (χ0) is 10.1. The lowest BCUT2D eigenvalue weighted by atomic mass is 9.92. The summed E-state index contributed by atoms with van der Waals surface area (Å²) < 4.78 is 0. The molecule has 0 aromatic carbocycles. The van der Waals surface area contributed by atoms with Crippen molar-refractivity contribution in [3.63, 3.8) is 0 Å². The summed E-state index contributed by atoms with van der Waals surface area (Å²) in [7, 11) is 0. The molecule has 0 spiro atoms. The molecule has 76 valence electrons. The van der Waals surface area contributed by atoms with Crippen molar-refractivity contribution in [3.8, 4) is 0 Å². The van der Waals surface area contributed by atoms with Gasteiger partial charge in [-0.2, -0.15) is 0 Å². The summed E-state index contributed by atoms with van der Waals surface area (Å²) in [6.07, 6.45) is 11.5. The fourth-order valence-corrected chi connectivity index (χ4v) is 1.76. The molecule has 1 fully saturated rings. The zero-order valence-corrected chi connectivity index (χ0v) is 9.69. The lowest BCUT2D eigenvalue weighted by molar-refractivity contribution is 0.682. The van der Waals surface area contributed by atoms with Crippen LogP contribution in [0.2, 0.25) is 0 Å². The van der Waals surface area contributed by atoms with Crippen LogP contribution in [0.4, 0.5) is 0 Å². The molecule has 0 aromatic rings. The van der Waals surface area contributed by atoms with E-state index in [-0.39, 0.29) is 0 Å². The second-order valence-electron chi connectivity index (χ2n) is 2.90. The van der Waals surface area contributed by atoms with E-state index in [4.69, 9.17) is 0 Å². The van der Waals surface area contributed by atoms with Gasteiger partial charge in [0.2, 0.25) is 0 Å². The topological polar surface area (TPSA) is 0 Å². The normalized spacial score (nSPS) is 18.2. The predicted octanol–water partition coefficient (Wildman–Crippen LogP) is 4.87. The molecule has 13 heavy (non-hydrogen) atoms. The fraction of sp³-hybridized carbons (Fsp3) is 0.692. The minimum atomic E-state index is 1.21. The lowest BCUT2D eigenvalue weighted by Crippen LogP contribution is -1.94. The summed E-state index contributed by atoms with van der Waals surface area (Å²) in [5, 5.41) is 0. The lowest BCUT2D eigenvalue weighted by Gasteiger charge is -2.13. The Balaban J connectivity index is 0.000000322. The molecule has 2 aliphatic carbocycles. The Morgan fingerprint density at radius 1 is 0.769 bits per heavy atom. The number of hydrogen-bond acceptors (Lipinski definition) is 0. The Kier molecular flexibility index (Phi) is 7.77. The summed E-state index contributed by atoms with van der Waals surface area (Å²) in [6, 6.07) is 0. The molecule has 0 bridgehead atoms. The maximum Gasteiger partial charge on any atom is -0.0157 e. The Labute approximate surface area is 83.7 Å². The van der Waals surface area contributed by atoms with Crippen LogP contribution in [0, 0.1) is 0 Å². The Hall–Kier alpha value is -0.520. The van der Waals surface area contributed by atoms with E-state index in [1.54, 1.807) is 11.1 Å². The van der Waals surface area contributed by atoms with Crippen molar-refractivity contribution in [2.45, 2.75) is 59.8 Å². The number of rotatable bonds is 0. The molecule has 0 heteroatoms. The SMILES string of the molecule is C1=C2CCCCC2=CC1.CC.CC. The highest BCUT2D eigenvalue weighted by Crippen LogP contribution is 2.32. The molecule has 0 N–H and O–H groups in total. The highest BCUT2D eigenvalue weighted by molar-refractivity contribution is 5.38. The first kappa shape index (κ1) is 12.5. The third kappa shape index (κ3) is 3.80. The van der Waals surface area contributed by atoms with Crippen molar-refractivity contribution in [1.82, 2.24) is 0 Å². The molecule has 1 saturated carbocycles. The van der Waals surface area contributed by atoms with Crippen LogP contribution in [-0.2, 0) is 0 Å². The van der Waals surface area contributed by atoms with E-state index in [0.717, 1.165) is 0 Å². The second-order valence-corrected chi connectivity index (χ2v) is 2.90. The van der Waals surface area contributed by atoms with E-state index >= 15 is 0 Å². The molecule has 0 unspecified atom stereocenters. The highest BCUT2D eigenvalue weighted by atomic mass is 14.2. The summed E-state index contributed by atoms with van der Waals surface area (Å²) in [5.74, 6) is 0. The van der Waals surface area contributed by atoms with E-state index in [9.17, 15) is 0 Å². The van der Waals surface area contributed by atoms with Crippen LogP contribution in [0.5, 0.6) is 0 Å². The largest absolute Gasteiger partial charge is 0.0772 e. The van der Waals surface area contributed by atoms with Gasteiger partial charge in [-0.1, -0.05) is 39.8 Å². The molecule has 0 aliphatic heterocycles. The average molecular weight is 180 g/mol. The average Bonchev–Trinajstić information content (AvgIpc) is 2.71. The van der Waals surface area contributed by atoms with Gasteiger partial charge < -0.3 is 0 Å². The standard InChI is InChI=1S/C9H12.2C2H6/c1-2-5-9-7-3-6-8(9)4-1;2*1-2/h6-7H,1-5H2;2*1-2H3. The first-order valence-electron chi connectivity index (χ1n) is 5.85. The van der Waals surface area contributed by atoms with E-state index in [2.05, 4.69) is 12.2 Å². The Morgan fingerprint density at radius 2 is 1.15 bits per heavy atom. The van der Waals surface area contributed by atoms with Crippen LogP contribution in [-0.4, -0.2) is 0 Å². The van der Waals surface area contributed by atoms with Crippen molar-refractivity contribution in [2.75, 3.05) is 0 Å². The molecule has 0 heterocycles. The van der Waals surface area contributed by atoms with Crippen molar-refractivity contribution >= 4 is 0 Å². The van der Waals surface area contributed by atoms with Gasteiger partial charge >= 0.3 is 0 Å². The van der Waals surface area contributed by atoms with Crippen molar-refractivity contribution < 1.29 is 0 Å². The molecular weight excluding hydrogens is 156 g/mol. The molecule has 2 rings (SSSR count). The summed E-state index contributed by atoms with van der Waals surface area (Å²) in [5.41, 5.74) is 3.31. The third-order valence-corrected chi connectivity index (χ3v) is 2.28. The van der Waals surface area contributed by atoms with Gasteiger partial charge in [0.05, 0.1) is 0 Å². The van der Waals surface area contributed by atoms with Crippen LogP contribution in [0.3, 0.4) is 0 Å². The summed E-state index contributed by atoms with van der Waals surface area (Å²) in [4.78, 5) is 0. The minimum absolute atomic E-state index is 1.21. The first-order chi connectivity index (χ1) is 6.47. The van der Waals surface area contributed by atoms with Crippen LogP contribution in [0.1, 0.15) is 59.8 Å². The molecule has 0 saturated heterocycles. The van der Waals surface area contributed by atoms with Gasteiger partial charge in [0.25, 0.3) is 0 Å².